The van der Waals surface area contributed by atoms with Crippen molar-refractivity contribution in [3.05, 3.63) is 69.8 Å². The van der Waals surface area contributed by atoms with Gasteiger partial charge in [-0.15, -0.1) is 0 Å². The number of carbonyl (C=O) groups is 2. The molecule has 0 aromatic heterocycles. The lowest BCUT2D eigenvalue weighted by molar-refractivity contribution is -0.385. The van der Waals surface area contributed by atoms with E-state index in [0.29, 0.717) is 17.7 Å². The van der Waals surface area contributed by atoms with Crippen molar-refractivity contribution in [1.82, 2.24) is 9.80 Å². The topological polar surface area (TPSA) is 93.0 Å². The largest absolute Gasteiger partial charge is 0.496 e. The van der Waals surface area contributed by atoms with Gasteiger partial charge in [-0.25, -0.2) is 0 Å². The Labute approximate surface area is 175 Å². The van der Waals surface area contributed by atoms with Crippen molar-refractivity contribution < 1.29 is 19.2 Å². The number of hydrogen-bond donors (Lipinski definition) is 0. The quantitative estimate of drug-likeness (QED) is 0.538. The Hall–Kier alpha value is -3.42. The summed E-state index contributed by atoms with van der Waals surface area (Å²) in [4.78, 5) is 40.5. The third kappa shape index (κ3) is 3.60. The van der Waals surface area contributed by atoms with E-state index in [-0.39, 0.29) is 23.9 Å². The van der Waals surface area contributed by atoms with Crippen LogP contribution in [0.25, 0.3) is 0 Å². The Bertz CT molecular complexity index is 978. The summed E-state index contributed by atoms with van der Waals surface area (Å²) < 4.78 is 5.29. The standard InChI is InChI=1S/C22H25N3O5/c1-22(14-15-9-6-5-7-10-15)21(27)23(2)18(20(26)24(22)3)13-16-17(25(28)29)11-8-12-19(16)30-4/h5-12,18H,13-14H2,1-4H3. The maximum atomic E-state index is 13.3. The lowest BCUT2D eigenvalue weighted by Crippen LogP contribution is -2.69. The molecular formula is C22H25N3O5. The number of methoxy groups -OCH3 is 1. The summed E-state index contributed by atoms with van der Waals surface area (Å²) in [7, 11) is 4.60. The Kier molecular flexibility index (Phi) is 5.78. The molecule has 1 aliphatic heterocycles. The molecule has 2 aromatic rings. The van der Waals surface area contributed by atoms with Crippen molar-refractivity contribution in [2.24, 2.45) is 0 Å². The molecule has 158 valence electrons. The summed E-state index contributed by atoms with van der Waals surface area (Å²) in [5.41, 5.74) is 0.0580. The molecule has 1 fully saturated rings. The summed E-state index contributed by atoms with van der Waals surface area (Å²) in [6, 6.07) is 13.2. The average molecular weight is 411 g/mol. The van der Waals surface area contributed by atoms with Gasteiger partial charge in [-0.2, -0.15) is 0 Å². The Morgan fingerprint density at radius 2 is 1.77 bits per heavy atom. The number of benzene rings is 2. The van der Waals surface area contributed by atoms with Gasteiger partial charge in [0, 0.05) is 33.0 Å². The highest BCUT2D eigenvalue weighted by Crippen LogP contribution is 2.34. The van der Waals surface area contributed by atoms with Crippen LogP contribution in [0, 0.1) is 10.1 Å². The number of ether oxygens (including phenoxy) is 1. The minimum atomic E-state index is -1.05. The Balaban J connectivity index is 1.95. The minimum absolute atomic E-state index is 0.00679. The molecule has 2 amide bonds. The predicted molar refractivity (Wildman–Crippen MR) is 111 cm³/mol. The number of piperazine rings is 1. The van der Waals surface area contributed by atoms with E-state index in [0.717, 1.165) is 5.56 Å². The van der Waals surface area contributed by atoms with Crippen molar-refractivity contribution in [1.29, 1.82) is 0 Å². The third-order valence-corrected chi connectivity index (χ3v) is 5.92. The predicted octanol–water partition coefficient (Wildman–Crippen LogP) is 2.45. The molecule has 30 heavy (non-hydrogen) atoms. The molecule has 2 atom stereocenters. The number of nitro groups is 1. The van der Waals surface area contributed by atoms with Gasteiger partial charge in [0.15, 0.2) is 0 Å². The molecule has 3 rings (SSSR count). The van der Waals surface area contributed by atoms with Crippen LogP contribution in [0.15, 0.2) is 48.5 Å². The van der Waals surface area contributed by atoms with Crippen LogP contribution < -0.4 is 4.74 Å². The fourth-order valence-corrected chi connectivity index (χ4v) is 4.02. The first kappa shape index (κ1) is 21.3. The first-order valence-corrected chi connectivity index (χ1v) is 9.60. The summed E-state index contributed by atoms with van der Waals surface area (Å²) in [5.74, 6) is -0.162. The van der Waals surface area contributed by atoms with Gasteiger partial charge >= 0.3 is 0 Å². The van der Waals surface area contributed by atoms with Crippen LogP contribution in [-0.2, 0) is 22.4 Å². The molecule has 1 aliphatic rings. The van der Waals surface area contributed by atoms with E-state index < -0.39 is 16.5 Å². The molecule has 0 N–H and O–H groups in total. The highest BCUT2D eigenvalue weighted by atomic mass is 16.6. The van der Waals surface area contributed by atoms with Crippen LogP contribution >= 0.6 is 0 Å². The average Bonchev–Trinajstić information content (AvgIpc) is 2.74. The molecule has 0 aliphatic carbocycles. The van der Waals surface area contributed by atoms with E-state index in [1.54, 1.807) is 27.1 Å². The summed E-state index contributed by atoms with van der Waals surface area (Å²) in [6.07, 6.45) is 0.369. The monoisotopic (exact) mass is 411 g/mol. The maximum Gasteiger partial charge on any atom is 0.276 e. The van der Waals surface area contributed by atoms with Gasteiger partial charge in [0.2, 0.25) is 11.8 Å². The van der Waals surface area contributed by atoms with Gasteiger partial charge in [-0.3, -0.25) is 19.7 Å². The van der Waals surface area contributed by atoms with Gasteiger partial charge in [-0.1, -0.05) is 36.4 Å². The first-order chi connectivity index (χ1) is 14.2. The minimum Gasteiger partial charge on any atom is -0.496 e. The van der Waals surface area contributed by atoms with E-state index >= 15 is 0 Å². The Morgan fingerprint density at radius 1 is 1.10 bits per heavy atom. The lowest BCUT2D eigenvalue weighted by Gasteiger charge is -2.48. The molecule has 2 unspecified atom stereocenters. The maximum absolute atomic E-state index is 13.3. The van der Waals surface area contributed by atoms with E-state index in [4.69, 9.17) is 4.74 Å². The molecular weight excluding hydrogens is 386 g/mol. The van der Waals surface area contributed by atoms with E-state index in [1.807, 2.05) is 30.3 Å². The van der Waals surface area contributed by atoms with Crippen molar-refractivity contribution in [2.45, 2.75) is 31.3 Å². The van der Waals surface area contributed by atoms with E-state index in [2.05, 4.69) is 0 Å². The second-order valence-corrected chi connectivity index (χ2v) is 7.68. The van der Waals surface area contributed by atoms with Gasteiger partial charge in [0.1, 0.15) is 17.3 Å². The summed E-state index contributed by atoms with van der Waals surface area (Å²) >= 11 is 0. The summed E-state index contributed by atoms with van der Waals surface area (Å²) in [5, 5.41) is 11.5. The molecule has 1 saturated heterocycles. The van der Waals surface area contributed by atoms with Gasteiger partial charge in [-0.05, 0) is 18.6 Å². The number of rotatable bonds is 6. The summed E-state index contributed by atoms with van der Waals surface area (Å²) in [6.45, 7) is 1.75. The first-order valence-electron chi connectivity index (χ1n) is 9.60. The highest BCUT2D eigenvalue weighted by molar-refractivity contribution is 5.99. The van der Waals surface area contributed by atoms with Gasteiger partial charge < -0.3 is 14.5 Å². The zero-order valence-electron chi connectivity index (χ0n) is 17.5. The smallest absolute Gasteiger partial charge is 0.276 e. The molecule has 8 heteroatoms. The normalized spacial score (nSPS) is 21.7. The fourth-order valence-electron chi connectivity index (χ4n) is 4.02. The van der Waals surface area contributed by atoms with Gasteiger partial charge in [0.25, 0.3) is 5.69 Å². The number of amides is 2. The molecule has 8 nitrogen and oxygen atoms in total. The number of nitro benzene ring substituents is 1. The second kappa shape index (κ2) is 8.14. The number of likely N-dealkylation sites (N-methyl/N-ethyl adjacent to an activating group) is 2. The van der Waals surface area contributed by atoms with E-state index in [1.165, 1.54) is 29.0 Å². The van der Waals surface area contributed by atoms with Crippen molar-refractivity contribution in [3.8, 4) is 5.75 Å². The lowest BCUT2D eigenvalue weighted by atomic mass is 9.85. The molecule has 0 radical (unpaired) electrons. The van der Waals surface area contributed by atoms with Crippen molar-refractivity contribution >= 4 is 17.5 Å². The number of hydrogen-bond acceptors (Lipinski definition) is 5. The van der Waals surface area contributed by atoms with Crippen LogP contribution in [0.1, 0.15) is 18.1 Å². The van der Waals surface area contributed by atoms with Crippen molar-refractivity contribution in [2.75, 3.05) is 21.2 Å². The molecule has 0 spiro atoms. The van der Waals surface area contributed by atoms with Crippen LogP contribution in [0.2, 0.25) is 0 Å². The zero-order chi connectivity index (χ0) is 22.1. The van der Waals surface area contributed by atoms with E-state index in [9.17, 15) is 19.7 Å². The second-order valence-electron chi connectivity index (χ2n) is 7.68. The van der Waals surface area contributed by atoms with Crippen LogP contribution in [0.3, 0.4) is 0 Å². The van der Waals surface area contributed by atoms with Crippen molar-refractivity contribution in [3.63, 3.8) is 0 Å². The zero-order valence-corrected chi connectivity index (χ0v) is 17.5. The SMILES string of the molecule is COc1cccc([N+](=O)[O-])c1CC1C(=O)N(C)C(C)(Cc2ccccc2)C(=O)N1C. The molecule has 1 heterocycles. The Morgan fingerprint density at radius 3 is 2.37 bits per heavy atom. The third-order valence-electron chi connectivity index (χ3n) is 5.92. The van der Waals surface area contributed by atoms with Crippen LogP contribution in [0.4, 0.5) is 5.69 Å². The number of nitrogens with zero attached hydrogens (tertiary/aromatic N) is 3. The van der Waals surface area contributed by atoms with Crippen LogP contribution in [0.5, 0.6) is 5.75 Å². The fraction of sp³-hybridized carbons (Fsp3) is 0.364. The van der Waals surface area contributed by atoms with Gasteiger partial charge in [0.05, 0.1) is 17.6 Å². The highest BCUT2D eigenvalue weighted by Gasteiger charge is 2.51. The molecule has 2 aromatic carbocycles. The molecule has 0 bridgehead atoms. The molecule has 0 saturated carbocycles. The van der Waals surface area contributed by atoms with Crippen LogP contribution in [-0.4, -0.2) is 59.3 Å². The number of carbonyl (C=O) groups excluding carboxylic acids is 2.